The molecule has 2 heterocycles. The molecule has 0 aromatic carbocycles. The van der Waals surface area contributed by atoms with Gasteiger partial charge in [0.15, 0.2) is 0 Å². The van der Waals surface area contributed by atoms with Crippen molar-refractivity contribution in [2.45, 2.75) is 38.0 Å². The molecule has 0 radical (unpaired) electrons. The lowest BCUT2D eigenvalue weighted by molar-refractivity contribution is -0.184. The topological polar surface area (TPSA) is 62.3 Å². The average molecular weight is 333 g/mol. The largest absolute Gasteiger partial charge is 0.408 e. The predicted molar refractivity (Wildman–Crippen MR) is 71.9 cm³/mol. The van der Waals surface area contributed by atoms with Crippen molar-refractivity contribution in [3.63, 3.8) is 0 Å². The quantitative estimate of drug-likeness (QED) is 0.841. The number of carbonyl (C=O) groups excluding carboxylic acids is 2. The minimum atomic E-state index is -4.59. The fraction of sp³-hybridized carbons (Fsp3) is 0.500. The number of piperidine rings is 1. The van der Waals surface area contributed by atoms with Crippen LogP contribution in [0.15, 0.2) is 18.3 Å². The van der Waals surface area contributed by atoms with Crippen LogP contribution in [0, 0.1) is 5.82 Å². The van der Waals surface area contributed by atoms with Crippen LogP contribution < -0.4 is 5.32 Å². The number of pyridine rings is 1. The Hall–Kier alpha value is -2.19. The molecule has 1 aliphatic heterocycles. The van der Waals surface area contributed by atoms with Crippen molar-refractivity contribution in [1.29, 1.82) is 0 Å². The van der Waals surface area contributed by atoms with Gasteiger partial charge in [-0.05, 0) is 25.0 Å². The zero-order chi connectivity index (χ0) is 17.2. The Bertz CT molecular complexity index is 589. The van der Waals surface area contributed by atoms with Gasteiger partial charge >= 0.3 is 6.18 Å². The van der Waals surface area contributed by atoms with Crippen molar-refractivity contribution in [3.8, 4) is 0 Å². The third-order valence-corrected chi connectivity index (χ3v) is 3.57. The number of carbonyl (C=O) groups is 2. The lowest BCUT2D eigenvalue weighted by atomic mass is 9.97. The number of hydrogen-bond acceptors (Lipinski definition) is 3. The van der Waals surface area contributed by atoms with E-state index in [0.29, 0.717) is 4.90 Å². The molecule has 0 unspecified atom stereocenters. The smallest absolute Gasteiger partial charge is 0.352 e. The number of nitrogens with one attached hydrogen (secondary N) is 1. The van der Waals surface area contributed by atoms with Crippen molar-refractivity contribution in [2.24, 2.45) is 0 Å². The number of halogens is 4. The second kappa shape index (κ2) is 6.51. The monoisotopic (exact) mass is 333 g/mol. The molecule has 1 aromatic rings. The first-order valence-corrected chi connectivity index (χ1v) is 6.95. The summed E-state index contributed by atoms with van der Waals surface area (Å²) in [6.45, 7) is 0.977. The van der Waals surface area contributed by atoms with Gasteiger partial charge in [0.1, 0.15) is 17.6 Å². The minimum absolute atomic E-state index is 0.115. The Kier molecular flexibility index (Phi) is 4.86. The van der Waals surface area contributed by atoms with E-state index in [1.807, 2.05) is 0 Å². The van der Waals surface area contributed by atoms with Gasteiger partial charge < -0.3 is 10.2 Å². The van der Waals surface area contributed by atoms with Gasteiger partial charge in [0.25, 0.3) is 5.91 Å². The average Bonchev–Trinajstić information content (AvgIpc) is 2.45. The highest BCUT2D eigenvalue weighted by atomic mass is 19.4. The first-order valence-electron chi connectivity index (χ1n) is 6.95. The molecule has 2 rings (SSSR count). The van der Waals surface area contributed by atoms with Crippen LogP contribution in [0.3, 0.4) is 0 Å². The molecular weight excluding hydrogens is 318 g/mol. The summed E-state index contributed by atoms with van der Waals surface area (Å²) in [6.07, 6.45) is -4.02. The molecule has 0 spiro atoms. The van der Waals surface area contributed by atoms with E-state index in [2.05, 4.69) is 10.3 Å². The molecule has 1 aromatic heterocycles. The number of rotatable bonds is 2. The summed E-state index contributed by atoms with van der Waals surface area (Å²) in [5, 5.41) is 2.52. The van der Waals surface area contributed by atoms with E-state index < -0.39 is 30.0 Å². The van der Waals surface area contributed by atoms with Crippen LogP contribution in [0.5, 0.6) is 0 Å². The number of hydrogen-bond donors (Lipinski definition) is 1. The standard InChI is InChI=1S/C14H15F4N3O2/c1-8(22)20-10-3-5-12(14(16,17)18)21(7-10)13(23)11-4-2-9(15)6-19-11/h2,4,6,10,12H,3,5,7H2,1H3,(H,20,22)/t10-,12-/m0/s1. The van der Waals surface area contributed by atoms with Crippen molar-refractivity contribution in [1.82, 2.24) is 15.2 Å². The summed E-state index contributed by atoms with van der Waals surface area (Å²) in [7, 11) is 0. The fourth-order valence-electron chi connectivity index (χ4n) is 2.59. The van der Waals surface area contributed by atoms with Gasteiger partial charge in [-0.1, -0.05) is 0 Å². The van der Waals surface area contributed by atoms with Crippen LogP contribution in [-0.2, 0) is 4.79 Å². The second-order valence-corrected chi connectivity index (χ2v) is 5.35. The van der Waals surface area contributed by atoms with E-state index in [1.165, 1.54) is 6.92 Å². The highest BCUT2D eigenvalue weighted by Gasteiger charge is 2.48. The molecule has 5 nitrogen and oxygen atoms in total. The fourth-order valence-corrected chi connectivity index (χ4v) is 2.59. The molecule has 0 saturated carbocycles. The number of nitrogens with zero attached hydrogens (tertiary/aromatic N) is 2. The van der Waals surface area contributed by atoms with Gasteiger partial charge in [-0.3, -0.25) is 9.59 Å². The normalized spacial score (nSPS) is 21.9. The lowest BCUT2D eigenvalue weighted by Crippen LogP contribution is -2.58. The van der Waals surface area contributed by atoms with E-state index in [0.717, 1.165) is 18.3 Å². The van der Waals surface area contributed by atoms with Crippen LogP contribution >= 0.6 is 0 Å². The highest BCUT2D eigenvalue weighted by Crippen LogP contribution is 2.32. The number of amides is 2. The molecule has 0 aliphatic carbocycles. The van der Waals surface area contributed by atoms with Crippen LogP contribution in [0.1, 0.15) is 30.3 Å². The van der Waals surface area contributed by atoms with Gasteiger partial charge in [0.05, 0.1) is 6.20 Å². The lowest BCUT2D eigenvalue weighted by Gasteiger charge is -2.40. The molecule has 126 valence electrons. The maximum absolute atomic E-state index is 13.2. The molecule has 0 bridgehead atoms. The molecule has 1 saturated heterocycles. The van der Waals surface area contributed by atoms with E-state index >= 15 is 0 Å². The summed E-state index contributed by atoms with van der Waals surface area (Å²) in [5.74, 6) is -2.01. The van der Waals surface area contributed by atoms with Gasteiger partial charge in [-0.15, -0.1) is 0 Å². The maximum Gasteiger partial charge on any atom is 0.408 e. The minimum Gasteiger partial charge on any atom is -0.352 e. The van der Waals surface area contributed by atoms with Gasteiger partial charge in [-0.25, -0.2) is 9.37 Å². The highest BCUT2D eigenvalue weighted by molar-refractivity contribution is 5.92. The Morgan fingerprint density at radius 2 is 2.00 bits per heavy atom. The summed E-state index contributed by atoms with van der Waals surface area (Å²) in [4.78, 5) is 27.6. The molecule has 9 heteroatoms. The molecule has 1 aliphatic rings. The summed E-state index contributed by atoms with van der Waals surface area (Å²) in [6, 6.07) is -0.520. The molecule has 1 N–H and O–H groups in total. The van der Waals surface area contributed by atoms with Crippen molar-refractivity contribution in [3.05, 3.63) is 29.8 Å². The molecule has 2 atom stereocenters. The first-order chi connectivity index (χ1) is 10.7. The van der Waals surface area contributed by atoms with Crippen LogP contribution in [-0.4, -0.2) is 46.5 Å². The Labute approximate surface area is 129 Å². The molecular formula is C14H15F4N3O2. The second-order valence-electron chi connectivity index (χ2n) is 5.35. The Morgan fingerprint density at radius 3 is 2.52 bits per heavy atom. The Balaban J connectivity index is 2.25. The third-order valence-electron chi connectivity index (χ3n) is 3.57. The maximum atomic E-state index is 13.2. The van der Waals surface area contributed by atoms with E-state index in [4.69, 9.17) is 0 Å². The van der Waals surface area contributed by atoms with Gasteiger partial charge in [0.2, 0.25) is 5.91 Å². The van der Waals surface area contributed by atoms with Crippen LogP contribution in [0.25, 0.3) is 0 Å². The van der Waals surface area contributed by atoms with Crippen molar-refractivity contribution >= 4 is 11.8 Å². The van der Waals surface area contributed by atoms with E-state index in [1.54, 1.807) is 0 Å². The van der Waals surface area contributed by atoms with Crippen molar-refractivity contribution in [2.75, 3.05) is 6.54 Å². The number of alkyl halides is 3. The summed E-state index contributed by atoms with van der Waals surface area (Å²) < 4.78 is 52.3. The Morgan fingerprint density at radius 1 is 1.30 bits per heavy atom. The van der Waals surface area contributed by atoms with Crippen LogP contribution in [0.2, 0.25) is 0 Å². The van der Waals surface area contributed by atoms with E-state index in [9.17, 15) is 27.2 Å². The zero-order valence-corrected chi connectivity index (χ0v) is 12.2. The van der Waals surface area contributed by atoms with Gasteiger partial charge in [-0.2, -0.15) is 13.2 Å². The summed E-state index contributed by atoms with van der Waals surface area (Å²) in [5.41, 5.74) is -0.274. The van der Waals surface area contributed by atoms with Gasteiger partial charge in [0, 0.05) is 19.5 Å². The van der Waals surface area contributed by atoms with Crippen molar-refractivity contribution < 1.29 is 27.2 Å². The SMILES string of the molecule is CC(=O)N[C@H]1CC[C@@H](C(F)(F)F)N(C(=O)c2ccc(F)cn2)C1. The zero-order valence-electron chi connectivity index (χ0n) is 12.2. The molecule has 23 heavy (non-hydrogen) atoms. The number of likely N-dealkylation sites (tertiary alicyclic amines) is 1. The third kappa shape index (κ3) is 4.17. The molecule has 2 amide bonds. The van der Waals surface area contributed by atoms with Crippen LogP contribution in [0.4, 0.5) is 17.6 Å². The number of aromatic nitrogens is 1. The molecule has 1 fully saturated rings. The summed E-state index contributed by atoms with van der Waals surface area (Å²) >= 11 is 0. The van der Waals surface area contributed by atoms with E-state index in [-0.39, 0.29) is 31.0 Å². The first kappa shape index (κ1) is 17.2. The predicted octanol–water partition coefficient (Wildman–Crippen LogP) is 1.89.